The van der Waals surface area contributed by atoms with Gasteiger partial charge in [0.05, 0.1) is 6.10 Å². The molecule has 1 heteroatoms. The van der Waals surface area contributed by atoms with Crippen molar-refractivity contribution in [2.45, 2.75) is 146 Å². The summed E-state index contributed by atoms with van der Waals surface area (Å²) in [6.07, 6.45) is 16.6. The van der Waals surface area contributed by atoms with Crippen LogP contribution in [0.2, 0.25) is 0 Å². The van der Waals surface area contributed by atoms with Gasteiger partial charge in [0.2, 0.25) is 0 Å². The standard InChI is InChI=1S/C11H22.C9H18O.C8H16.CH4/c1-9-5-7-10(8-6-9)11(2,3)4;1-7(2)8-5-3-4-6-9(8)10;1-7-4-3-5-8(2)6-7;/h9-10H,5-8H2,1-4H3;7-10H,3-6H2,1-2H3;7-8H,3-6H2,1-2H3;1H4. The lowest BCUT2D eigenvalue weighted by molar-refractivity contribution is 0.0456. The maximum absolute atomic E-state index is 9.54. The second-order valence-electron chi connectivity index (χ2n) is 12.5. The Labute approximate surface area is 192 Å². The summed E-state index contributed by atoms with van der Waals surface area (Å²) < 4.78 is 0. The minimum Gasteiger partial charge on any atom is -0.393 e. The summed E-state index contributed by atoms with van der Waals surface area (Å²) in [5, 5.41) is 9.54. The van der Waals surface area contributed by atoms with E-state index >= 15 is 0 Å². The average molecular weight is 425 g/mol. The van der Waals surface area contributed by atoms with Crippen LogP contribution >= 0.6 is 0 Å². The molecule has 3 saturated carbocycles. The van der Waals surface area contributed by atoms with Crippen molar-refractivity contribution >= 4 is 0 Å². The monoisotopic (exact) mass is 424 g/mol. The van der Waals surface area contributed by atoms with Gasteiger partial charge < -0.3 is 5.11 Å². The van der Waals surface area contributed by atoms with Crippen molar-refractivity contribution in [3.8, 4) is 0 Å². The van der Waals surface area contributed by atoms with Gasteiger partial charge in [0.15, 0.2) is 0 Å². The molecule has 0 aromatic rings. The van der Waals surface area contributed by atoms with Gasteiger partial charge in [-0.2, -0.15) is 0 Å². The average Bonchev–Trinajstić information content (AvgIpc) is 2.62. The molecule has 0 saturated heterocycles. The fourth-order valence-corrected chi connectivity index (χ4v) is 5.78. The number of rotatable bonds is 1. The second kappa shape index (κ2) is 14.9. The molecule has 0 aliphatic heterocycles. The predicted molar refractivity (Wildman–Crippen MR) is 137 cm³/mol. The maximum Gasteiger partial charge on any atom is 0.0570 e. The number of aliphatic hydroxyl groups is 1. The molecule has 1 nitrogen and oxygen atoms in total. The van der Waals surface area contributed by atoms with Crippen LogP contribution in [0.5, 0.6) is 0 Å². The lowest BCUT2D eigenvalue weighted by Crippen LogP contribution is -2.28. The largest absolute Gasteiger partial charge is 0.393 e. The number of hydrogen-bond acceptors (Lipinski definition) is 1. The van der Waals surface area contributed by atoms with Gasteiger partial charge in [-0.1, -0.05) is 108 Å². The van der Waals surface area contributed by atoms with Gasteiger partial charge in [-0.15, -0.1) is 0 Å². The first-order valence-corrected chi connectivity index (χ1v) is 13.2. The third-order valence-corrected chi connectivity index (χ3v) is 8.08. The Morgan fingerprint density at radius 2 is 1.17 bits per heavy atom. The number of aliphatic hydroxyl groups excluding tert-OH is 1. The fraction of sp³-hybridized carbons (Fsp3) is 1.00. The predicted octanol–water partition coefficient (Wildman–Crippen LogP) is 9.52. The first-order valence-electron chi connectivity index (χ1n) is 13.2. The Kier molecular flexibility index (Phi) is 14.9. The first-order chi connectivity index (χ1) is 13.5. The zero-order chi connectivity index (χ0) is 22.0. The summed E-state index contributed by atoms with van der Waals surface area (Å²) in [4.78, 5) is 0. The minimum atomic E-state index is -0.00579. The van der Waals surface area contributed by atoms with Gasteiger partial charge in [-0.05, 0) is 73.0 Å². The van der Waals surface area contributed by atoms with E-state index in [0.717, 1.165) is 30.1 Å². The van der Waals surface area contributed by atoms with Crippen molar-refractivity contribution < 1.29 is 5.11 Å². The zero-order valence-electron chi connectivity index (χ0n) is 21.5. The minimum absolute atomic E-state index is 0. The van der Waals surface area contributed by atoms with Crippen molar-refractivity contribution in [2.75, 3.05) is 0 Å². The molecule has 0 amide bonds. The molecule has 4 unspecified atom stereocenters. The van der Waals surface area contributed by atoms with Crippen LogP contribution in [0, 0.1) is 40.9 Å². The van der Waals surface area contributed by atoms with E-state index in [2.05, 4.69) is 55.4 Å². The smallest absolute Gasteiger partial charge is 0.0570 e. The molecule has 3 aliphatic carbocycles. The summed E-state index contributed by atoms with van der Waals surface area (Å²) in [6.45, 7) is 18.7. The van der Waals surface area contributed by atoms with Crippen molar-refractivity contribution in [3.63, 3.8) is 0 Å². The Morgan fingerprint density at radius 1 is 0.667 bits per heavy atom. The summed E-state index contributed by atoms with van der Waals surface area (Å²) in [6, 6.07) is 0. The van der Waals surface area contributed by atoms with E-state index in [9.17, 15) is 5.11 Å². The normalized spacial score (nSPS) is 34.6. The molecule has 182 valence electrons. The summed E-state index contributed by atoms with van der Waals surface area (Å²) in [5.74, 6) is 5.24. The molecule has 30 heavy (non-hydrogen) atoms. The van der Waals surface area contributed by atoms with Gasteiger partial charge >= 0.3 is 0 Å². The van der Waals surface area contributed by atoms with E-state index in [1.807, 2.05) is 0 Å². The molecule has 0 aromatic heterocycles. The van der Waals surface area contributed by atoms with Crippen LogP contribution in [0.25, 0.3) is 0 Å². The van der Waals surface area contributed by atoms with E-state index in [-0.39, 0.29) is 13.5 Å². The van der Waals surface area contributed by atoms with E-state index in [1.165, 1.54) is 70.6 Å². The Morgan fingerprint density at radius 3 is 1.50 bits per heavy atom. The van der Waals surface area contributed by atoms with E-state index in [0.29, 0.717) is 17.3 Å². The molecular weight excluding hydrogens is 364 g/mol. The van der Waals surface area contributed by atoms with Gasteiger partial charge in [-0.3, -0.25) is 0 Å². The molecule has 0 spiro atoms. The van der Waals surface area contributed by atoms with Crippen LogP contribution in [-0.4, -0.2) is 11.2 Å². The third-order valence-electron chi connectivity index (χ3n) is 8.08. The molecule has 0 aromatic carbocycles. The molecule has 3 aliphatic rings. The molecule has 4 atom stereocenters. The molecule has 1 N–H and O–H groups in total. The van der Waals surface area contributed by atoms with Crippen LogP contribution < -0.4 is 0 Å². The van der Waals surface area contributed by atoms with Crippen LogP contribution in [-0.2, 0) is 0 Å². The van der Waals surface area contributed by atoms with Gasteiger partial charge in [-0.25, -0.2) is 0 Å². The molecule has 0 radical (unpaired) electrons. The second-order valence-corrected chi connectivity index (χ2v) is 12.5. The van der Waals surface area contributed by atoms with Crippen LogP contribution in [0.4, 0.5) is 0 Å². The van der Waals surface area contributed by atoms with Crippen LogP contribution in [0.15, 0.2) is 0 Å². The maximum atomic E-state index is 9.54. The van der Waals surface area contributed by atoms with E-state index in [1.54, 1.807) is 0 Å². The first kappa shape index (κ1) is 30.0. The van der Waals surface area contributed by atoms with Gasteiger partial charge in [0.25, 0.3) is 0 Å². The highest BCUT2D eigenvalue weighted by atomic mass is 16.3. The third kappa shape index (κ3) is 12.1. The van der Waals surface area contributed by atoms with E-state index in [4.69, 9.17) is 0 Å². The molecule has 0 bridgehead atoms. The Bertz CT molecular complexity index is 391. The quantitative estimate of drug-likeness (QED) is 0.444. The van der Waals surface area contributed by atoms with Crippen molar-refractivity contribution in [1.82, 2.24) is 0 Å². The highest BCUT2D eigenvalue weighted by Gasteiger charge is 2.28. The summed E-state index contributed by atoms with van der Waals surface area (Å²) in [5.41, 5.74) is 0.556. The SMILES string of the molecule is C.CC(C)C1CCCCC1O.CC1CCC(C(C)(C)C)CC1.CC1CCCC(C)C1. The zero-order valence-corrected chi connectivity index (χ0v) is 21.5. The summed E-state index contributed by atoms with van der Waals surface area (Å²) >= 11 is 0. The molecular formula is C29H60O. The highest BCUT2D eigenvalue weighted by molar-refractivity contribution is 4.79. The lowest BCUT2D eigenvalue weighted by Gasteiger charge is -2.35. The fourth-order valence-electron chi connectivity index (χ4n) is 5.78. The van der Waals surface area contributed by atoms with Crippen LogP contribution in [0.1, 0.15) is 140 Å². The Hall–Kier alpha value is -0.0400. The van der Waals surface area contributed by atoms with E-state index < -0.39 is 0 Å². The topological polar surface area (TPSA) is 20.2 Å². The lowest BCUT2D eigenvalue weighted by atomic mass is 9.70. The van der Waals surface area contributed by atoms with Crippen molar-refractivity contribution in [2.24, 2.45) is 40.9 Å². The van der Waals surface area contributed by atoms with Crippen molar-refractivity contribution in [3.05, 3.63) is 0 Å². The van der Waals surface area contributed by atoms with Crippen molar-refractivity contribution in [1.29, 1.82) is 0 Å². The van der Waals surface area contributed by atoms with Crippen LogP contribution in [0.3, 0.4) is 0 Å². The van der Waals surface area contributed by atoms with Gasteiger partial charge in [0.1, 0.15) is 0 Å². The van der Waals surface area contributed by atoms with Gasteiger partial charge in [0, 0.05) is 0 Å². The molecule has 3 fully saturated rings. The Balaban J connectivity index is 0.000000418. The highest BCUT2D eigenvalue weighted by Crippen LogP contribution is 2.39. The number of hydrogen-bond donors (Lipinski definition) is 1. The molecule has 3 rings (SSSR count). The summed E-state index contributed by atoms with van der Waals surface area (Å²) in [7, 11) is 0. The molecule has 0 heterocycles.